The van der Waals surface area contributed by atoms with Crippen molar-refractivity contribution in [2.75, 3.05) is 13.7 Å². The summed E-state index contributed by atoms with van der Waals surface area (Å²) in [7, 11) is 1.36. The van der Waals surface area contributed by atoms with Crippen LogP contribution in [0.4, 0.5) is 0 Å². The number of carbonyl (C=O) groups excluding carboxylic acids is 2. The molecule has 0 spiro atoms. The van der Waals surface area contributed by atoms with Gasteiger partial charge in [-0.25, -0.2) is 0 Å². The average molecular weight is 263 g/mol. The molecular weight excluding hydrogens is 242 g/mol. The first kappa shape index (κ1) is 15.2. The van der Waals surface area contributed by atoms with Crippen LogP contribution in [0.15, 0.2) is 24.3 Å². The van der Waals surface area contributed by atoms with Crippen LogP contribution in [-0.4, -0.2) is 30.4 Å². The Bertz CT molecular complexity index is 439. The molecule has 1 atom stereocenters. The standard InChI is InChI=1S/C15H21NO3/c1-11-5-7-14(8-6-11)10-16(13(3)17)9-12(2)15(18)19-4/h5-8,12H,9-10H2,1-4H3. The van der Waals surface area contributed by atoms with Gasteiger partial charge in [0.1, 0.15) is 0 Å². The van der Waals surface area contributed by atoms with Gasteiger partial charge in [-0.05, 0) is 12.5 Å². The molecule has 4 nitrogen and oxygen atoms in total. The molecule has 0 aliphatic carbocycles. The third-order valence-electron chi connectivity index (χ3n) is 3.04. The highest BCUT2D eigenvalue weighted by Crippen LogP contribution is 2.10. The topological polar surface area (TPSA) is 46.6 Å². The summed E-state index contributed by atoms with van der Waals surface area (Å²) in [4.78, 5) is 24.7. The van der Waals surface area contributed by atoms with Crippen molar-refractivity contribution in [3.05, 3.63) is 35.4 Å². The minimum Gasteiger partial charge on any atom is -0.469 e. The predicted octanol–water partition coefficient (Wildman–Crippen LogP) is 2.15. The zero-order valence-electron chi connectivity index (χ0n) is 12.0. The summed E-state index contributed by atoms with van der Waals surface area (Å²) >= 11 is 0. The number of esters is 1. The van der Waals surface area contributed by atoms with E-state index < -0.39 is 0 Å². The van der Waals surface area contributed by atoms with Crippen LogP contribution < -0.4 is 0 Å². The van der Waals surface area contributed by atoms with Gasteiger partial charge < -0.3 is 9.64 Å². The quantitative estimate of drug-likeness (QED) is 0.765. The van der Waals surface area contributed by atoms with E-state index in [1.54, 1.807) is 11.8 Å². The summed E-state index contributed by atoms with van der Waals surface area (Å²) in [6.07, 6.45) is 0. The number of nitrogens with zero attached hydrogens (tertiary/aromatic N) is 1. The monoisotopic (exact) mass is 263 g/mol. The summed E-state index contributed by atoms with van der Waals surface area (Å²) in [6.45, 7) is 6.17. The van der Waals surface area contributed by atoms with Gasteiger partial charge in [-0.1, -0.05) is 36.8 Å². The fourth-order valence-electron chi connectivity index (χ4n) is 1.82. The molecule has 0 N–H and O–H groups in total. The minimum atomic E-state index is -0.320. The van der Waals surface area contributed by atoms with E-state index in [-0.39, 0.29) is 17.8 Å². The second kappa shape index (κ2) is 6.92. The summed E-state index contributed by atoms with van der Waals surface area (Å²) in [5, 5.41) is 0. The Hall–Kier alpha value is -1.84. The van der Waals surface area contributed by atoms with Crippen LogP contribution in [-0.2, 0) is 20.9 Å². The minimum absolute atomic E-state index is 0.0451. The largest absolute Gasteiger partial charge is 0.469 e. The van der Waals surface area contributed by atoms with Gasteiger partial charge in [0.2, 0.25) is 5.91 Å². The number of ether oxygens (including phenoxy) is 1. The van der Waals surface area contributed by atoms with Crippen LogP contribution in [0.3, 0.4) is 0 Å². The molecule has 0 fully saturated rings. The van der Waals surface area contributed by atoms with Crippen LogP contribution in [0.2, 0.25) is 0 Å². The Morgan fingerprint density at radius 1 is 1.26 bits per heavy atom. The SMILES string of the molecule is COC(=O)C(C)CN(Cc1ccc(C)cc1)C(C)=O. The molecule has 0 aliphatic rings. The van der Waals surface area contributed by atoms with Gasteiger partial charge in [0.15, 0.2) is 0 Å². The fraction of sp³-hybridized carbons (Fsp3) is 0.467. The highest BCUT2D eigenvalue weighted by Gasteiger charge is 2.19. The number of rotatable bonds is 5. The Morgan fingerprint density at radius 3 is 2.32 bits per heavy atom. The summed E-state index contributed by atoms with van der Waals surface area (Å²) in [5.74, 6) is -0.661. The van der Waals surface area contributed by atoms with Gasteiger partial charge in [0.25, 0.3) is 0 Å². The fourth-order valence-corrected chi connectivity index (χ4v) is 1.82. The predicted molar refractivity (Wildman–Crippen MR) is 73.5 cm³/mol. The number of carbonyl (C=O) groups is 2. The van der Waals surface area contributed by atoms with Crippen molar-refractivity contribution in [3.8, 4) is 0 Å². The molecule has 0 heterocycles. The van der Waals surface area contributed by atoms with Gasteiger partial charge in [-0.15, -0.1) is 0 Å². The maximum atomic E-state index is 11.6. The lowest BCUT2D eigenvalue weighted by molar-refractivity contribution is -0.146. The van der Waals surface area contributed by atoms with Crippen molar-refractivity contribution < 1.29 is 14.3 Å². The lowest BCUT2D eigenvalue weighted by Crippen LogP contribution is -2.35. The molecule has 0 radical (unpaired) electrons. The average Bonchev–Trinajstić information content (AvgIpc) is 2.39. The molecule has 1 rings (SSSR count). The van der Waals surface area contributed by atoms with Gasteiger partial charge in [-0.3, -0.25) is 9.59 Å². The molecule has 4 heteroatoms. The zero-order chi connectivity index (χ0) is 14.4. The molecule has 0 aliphatic heterocycles. The smallest absolute Gasteiger partial charge is 0.310 e. The maximum absolute atomic E-state index is 11.6. The molecule has 0 aromatic heterocycles. The van der Waals surface area contributed by atoms with E-state index in [0.29, 0.717) is 13.1 Å². The summed E-state index contributed by atoms with van der Waals surface area (Å²) in [5.41, 5.74) is 2.24. The second-order valence-electron chi connectivity index (χ2n) is 4.81. The van der Waals surface area contributed by atoms with Gasteiger partial charge in [-0.2, -0.15) is 0 Å². The molecule has 1 amide bonds. The lowest BCUT2D eigenvalue weighted by Gasteiger charge is -2.23. The Labute approximate surface area is 114 Å². The number of amides is 1. The van der Waals surface area contributed by atoms with E-state index >= 15 is 0 Å². The van der Waals surface area contributed by atoms with Crippen LogP contribution in [0, 0.1) is 12.8 Å². The van der Waals surface area contributed by atoms with E-state index in [1.807, 2.05) is 31.2 Å². The van der Waals surface area contributed by atoms with Crippen molar-refractivity contribution in [2.45, 2.75) is 27.3 Å². The van der Waals surface area contributed by atoms with Gasteiger partial charge in [0.05, 0.1) is 13.0 Å². The first-order valence-electron chi connectivity index (χ1n) is 6.33. The van der Waals surface area contributed by atoms with E-state index in [9.17, 15) is 9.59 Å². The number of methoxy groups -OCH3 is 1. The summed E-state index contributed by atoms with van der Waals surface area (Å²) in [6, 6.07) is 8.01. The van der Waals surface area contributed by atoms with Crippen LogP contribution >= 0.6 is 0 Å². The third-order valence-corrected chi connectivity index (χ3v) is 3.04. The lowest BCUT2D eigenvalue weighted by atomic mass is 10.1. The molecule has 1 aromatic rings. The van der Waals surface area contributed by atoms with Gasteiger partial charge in [0, 0.05) is 20.0 Å². The van der Waals surface area contributed by atoms with Crippen molar-refractivity contribution in [1.82, 2.24) is 4.90 Å². The van der Waals surface area contributed by atoms with Crippen molar-refractivity contribution in [2.24, 2.45) is 5.92 Å². The number of benzene rings is 1. The van der Waals surface area contributed by atoms with Crippen molar-refractivity contribution in [3.63, 3.8) is 0 Å². The van der Waals surface area contributed by atoms with Crippen LogP contribution in [0.1, 0.15) is 25.0 Å². The number of aryl methyl sites for hydroxylation is 1. The van der Waals surface area contributed by atoms with E-state index in [2.05, 4.69) is 4.74 Å². The van der Waals surface area contributed by atoms with Crippen LogP contribution in [0.5, 0.6) is 0 Å². The van der Waals surface area contributed by atoms with Crippen molar-refractivity contribution in [1.29, 1.82) is 0 Å². The molecule has 0 bridgehead atoms. The molecular formula is C15H21NO3. The Kier molecular flexibility index (Phi) is 5.55. The molecule has 19 heavy (non-hydrogen) atoms. The maximum Gasteiger partial charge on any atom is 0.310 e. The molecule has 1 unspecified atom stereocenters. The Morgan fingerprint density at radius 2 is 1.84 bits per heavy atom. The van der Waals surface area contributed by atoms with E-state index in [4.69, 9.17) is 0 Å². The number of hydrogen-bond donors (Lipinski definition) is 0. The normalized spacial score (nSPS) is 11.8. The van der Waals surface area contributed by atoms with Crippen LogP contribution in [0.25, 0.3) is 0 Å². The Balaban J connectivity index is 2.70. The highest BCUT2D eigenvalue weighted by atomic mass is 16.5. The molecule has 1 aromatic carbocycles. The summed E-state index contributed by atoms with van der Waals surface area (Å²) < 4.78 is 4.68. The van der Waals surface area contributed by atoms with E-state index in [1.165, 1.54) is 19.6 Å². The third kappa shape index (κ3) is 4.73. The molecule has 104 valence electrons. The first-order valence-corrected chi connectivity index (χ1v) is 6.33. The second-order valence-corrected chi connectivity index (χ2v) is 4.81. The van der Waals surface area contributed by atoms with Gasteiger partial charge >= 0.3 is 5.97 Å². The first-order chi connectivity index (χ1) is 8.93. The number of hydrogen-bond acceptors (Lipinski definition) is 3. The zero-order valence-corrected chi connectivity index (χ0v) is 12.0. The molecule has 0 saturated heterocycles. The highest BCUT2D eigenvalue weighted by molar-refractivity contribution is 5.76. The van der Waals surface area contributed by atoms with Crippen molar-refractivity contribution >= 4 is 11.9 Å². The van der Waals surface area contributed by atoms with E-state index in [0.717, 1.165) is 5.56 Å². The molecule has 0 saturated carbocycles.